The molecular weight excluding hydrogens is 240 g/mol. The Kier molecular flexibility index (Phi) is 3.85. The number of benzene rings is 1. The second-order valence-electron chi connectivity index (χ2n) is 4.46. The van der Waals surface area contributed by atoms with Gasteiger partial charge in [-0.25, -0.2) is 4.98 Å². The van der Waals surface area contributed by atoms with Gasteiger partial charge in [0.15, 0.2) is 0 Å². The van der Waals surface area contributed by atoms with Crippen molar-refractivity contribution in [3.8, 4) is 0 Å². The fourth-order valence-corrected chi connectivity index (χ4v) is 1.90. The fraction of sp³-hybridized carbons (Fsp3) is 0.286. The molecule has 0 radical (unpaired) electrons. The number of imidazole rings is 1. The molecule has 0 fully saturated rings. The highest BCUT2D eigenvalue weighted by Crippen LogP contribution is 2.17. The van der Waals surface area contributed by atoms with Crippen LogP contribution in [0.4, 0.5) is 5.69 Å². The van der Waals surface area contributed by atoms with Gasteiger partial charge >= 0.3 is 0 Å². The van der Waals surface area contributed by atoms with Gasteiger partial charge < -0.3 is 15.6 Å². The van der Waals surface area contributed by atoms with Crippen molar-refractivity contribution in [3.63, 3.8) is 0 Å². The molecule has 5 heteroatoms. The van der Waals surface area contributed by atoms with Crippen LogP contribution in [0.15, 0.2) is 24.4 Å². The molecular formula is C14H18N4O. The monoisotopic (exact) mass is 258 g/mol. The number of hydrogen-bond acceptors (Lipinski definition) is 3. The van der Waals surface area contributed by atoms with E-state index in [9.17, 15) is 4.79 Å². The van der Waals surface area contributed by atoms with E-state index in [0.29, 0.717) is 12.1 Å². The molecule has 0 spiro atoms. The number of anilines is 1. The highest BCUT2D eigenvalue weighted by atomic mass is 16.1. The molecule has 100 valence electrons. The number of aromatic amines is 1. The minimum Gasteiger partial charge on any atom is -0.379 e. The van der Waals surface area contributed by atoms with Crippen molar-refractivity contribution in [2.75, 3.05) is 12.4 Å². The van der Waals surface area contributed by atoms with Gasteiger partial charge in [-0.3, -0.25) is 4.79 Å². The molecule has 19 heavy (non-hydrogen) atoms. The van der Waals surface area contributed by atoms with Crippen LogP contribution in [0.25, 0.3) is 0 Å². The van der Waals surface area contributed by atoms with Crippen LogP contribution in [0.1, 0.15) is 27.4 Å². The molecule has 2 rings (SSSR count). The average Bonchev–Trinajstić information content (AvgIpc) is 2.82. The molecule has 1 amide bonds. The van der Waals surface area contributed by atoms with Crippen molar-refractivity contribution >= 4 is 11.6 Å². The van der Waals surface area contributed by atoms with E-state index < -0.39 is 0 Å². The number of aryl methyl sites for hydroxylation is 2. The molecule has 1 heterocycles. The molecule has 0 saturated heterocycles. The van der Waals surface area contributed by atoms with E-state index in [-0.39, 0.29) is 5.91 Å². The van der Waals surface area contributed by atoms with Crippen molar-refractivity contribution in [1.29, 1.82) is 0 Å². The van der Waals surface area contributed by atoms with E-state index in [0.717, 1.165) is 22.8 Å². The lowest BCUT2D eigenvalue weighted by Crippen LogP contribution is -2.17. The number of rotatable bonds is 4. The van der Waals surface area contributed by atoms with E-state index in [1.807, 2.05) is 38.2 Å². The van der Waals surface area contributed by atoms with Crippen LogP contribution in [0.2, 0.25) is 0 Å². The van der Waals surface area contributed by atoms with Crippen LogP contribution in [-0.2, 0) is 6.54 Å². The normalized spacial score (nSPS) is 10.3. The Balaban J connectivity index is 2.07. The third-order valence-electron chi connectivity index (χ3n) is 2.94. The molecule has 0 unspecified atom stereocenters. The van der Waals surface area contributed by atoms with Crippen molar-refractivity contribution < 1.29 is 4.79 Å². The lowest BCUT2D eigenvalue weighted by atomic mass is 10.1. The lowest BCUT2D eigenvalue weighted by Gasteiger charge is -2.10. The number of nitrogens with zero attached hydrogens (tertiary/aromatic N) is 1. The minimum atomic E-state index is -0.0705. The number of H-pyrrole nitrogens is 1. The number of nitrogens with one attached hydrogen (secondary N) is 3. The van der Waals surface area contributed by atoms with E-state index in [1.165, 1.54) is 0 Å². The van der Waals surface area contributed by atoms with Gasteiger partial charge in [0.2, 0.25) is 0 Å². The minimum absolute atomic E-state index is 0.0705. The molecule has 5 nitrogen and oxygen atoms in total. The highest BCUT2D eigenvalue weighted by molar-refractivity contribution is 5.94. The van der Waals surface area contributed by atoms with Crippen molar-refractivity contribution in [2.24, 2.45) is 0 Å². The van der Waals surface area contributed by atoms with Gasteiger partial charge in [-0.1, -0.05) is 0 Å². The second-order valence-corrected chi connectivity index (χ2v) is 4.46. The van der Waals surface area contributed by atoms with Gasteiger partial charge in [-0.15, -0.1) is 0 Å². The number of carbonyl (C=O) groups excluding carboxylic acids is 1. The maximum atomic E-state index is 11.5. The first-order valence-electron chi connectivity index (χ1n) is 6.17. The molecule has 1 aromatic heterocycles. The fourth-order valence-electron chi connectivity index (χ4n) is 1.90. The van der Waals surface area contributed by atoms with Gasteiger partial charge in [0.1, 0.15) is 5.82 Å². The molecule has 1 aromatic carbocycles. The van der Waals surface area contributed by atoms with Crippen LogP contribution in [0, 0.1) is 13.8 Å². The Morgan fingerprint density at radius 1 is 1.37 bits per heavy atom. The Morgan fingerprint density at radius 3 is 2.74 bits per heavy atom. The second kappa shape index (κ2) is 5.56. The largest absolute Gasteiger partial charge is 0.379 e. The molecule has 0 aliphatic rings. The summed E-state index contributed by atoms with van der Waals surface area (Å²) in [5, 5.41) is 5.94. The molecule has 0 aliphatic heterocycles. The van der Waals surface area contributed by atoms with Gasteiger partial charge in [-0.05, 0) is 37.6 Å². The van der Waals surface area contributed by atoms with Crippen LogP contribution in [-0.4, -0.2) is 22.9 Å². The quantitative estimate of drug-likeness (QED) is 0.785. The van der Waals surface area contributed by atoms with Crippen LogP contribution in [0.3, 0.4) is 0 Å². The summed E-state index contributed by atoms with van der Waals surface area (Å²) in [6.07, 6.45) is 1.82. The zero-order chi connectivity index (χ0) is 13.8. The Labute approximate surface area is 112 Å². The first kappa shape index (κ1) is 13.1. The SMILES string of the molecule is CNC(=O)c1ccc(NCc2cnc(C)[nH]2)c(C)c1. The molecule has 2 aromatic rings. The third-order valence-corrected chi connectivity index (χ3v) is 2.94. The first-order chi connectivity index (χ1) is 9.10. The predicted molar refractivity (Wildman–Crippen MR) is 75.2 cm³/mol. The molecule has 0 saturated carbocycles. The maximum absolute atomic E-state index is 11.5. The van der Waals surface area contributed by atoms with Crippen molar-refractivity contribution in [1.82, 2.24) is 15.3 Å². The summed E-state index contributed by atoms with van der Waals surface area (Å²) in [5.41, 5.74) is 3.76. The van der Waals surface area contributed by atoms with Crippen LogP contribution < -0.4 is 10.6 Å². The van der Waals surface area contributed by atoms with E-state index >= 15 is 0 Å². The van der Waals surface area contributed by atoms with E-state index in [1.54, 1.807) is 7.05 Å². The number of aromatic nitrogens is 2. The van der Waals surface area contributed by atoms with Gasteiger partial charge in [0.05, 0.1) is 18.4 Å². The number of hydrogen-bond donors (Lipinski definition) is 3. The van der Waals surface area contributed by atoms with Gasteiger partial charge in [0.25, 0.3) is 5.91 Å². The molecule has 3 N–H and O–H groups in total. The van der Waals surface area contributed by atoms with Gasteiger partial charge in [0, 0.05) is 18.3 Å². The number of amides is 1. The lowest BCUT2D eigenvalue weighted by molar-refractivity contribution is 0.0963. The zero-order valence-electron chi connectivity index (χ0n) is 11.4. The number of carbonyl (C=O) groups is 1. The maximum Gasteiger partial charge on any atom is 0.251 e. The predicted octanol–water partition coefficient (Wildman–Crippen LogP) is 2.00. The van der Waals surface area contributed by atoms with Gasteiger partial charge in [-0.2, -0.15) is 0 Å². The smallest absolute Gasteiger partial charge is 0.251 e. The summed E-state index contributed by atoms with van der Waals surface area (Å²) in [6, 6.07) is 5.61. The summed E-state index contributed by atoms with van der Waals surface area (Å²) in [5.74, 6) is 0.835. The average molecular weight is 258 g/mol. The summed E-state index contributed by atoms with van der Waals surface area (Å²) in [6.45, 7) is 4.58. The molecule has 0 bridgehead atoms. The summed E-state index contributed by atoms with van der Waals surface area (Å²) < 4.78 is 0. The first-order valence-corrected chi connectivity index (χ1v) is 6.17. The van der Waals surface area contributed by atoms with E-state index in [2.05, 4.69) is 20.6 Å². The summed E-state index contributed by atoms with van der Waals surface area (Å²) >= 11 is 0. The Hall–Kier alpha value is -2.30. The Bertz CT molecular complexity index is 589. The molecule has 0 aliphatic carbocycles. The third kappa shape index (κ3) is 3.13. The van der Waals surface area contributed by atoms with Crippen LogP contribution in [0.5, 0.6) is 0 Å². The zero-order valence-corrected chi connectivity index (χ0v) is 11.4. The van der Waals surface area contributed by atoms with E-state index in [4.69, 9.17) is 0 Å². The topological polar surface area (TPSA) is 69.8 Å². The summed E-state index contributed by atoms with van der Waals surface area (Å²) in [7, 11) is 1.63. The van der Waals surface area contributed by atoms with Crippen molar-refractivity contribution in [2.45, 2.75) is 20.4 Å². The standard InChI is InChI=1S/C14H18N4O/c1-9-6-11(14(19)15-3)4-5-13(9)17-8-12-7-16-10(2)18-12/h4-7,17H,8H2,1-3H3,(H,15,19)(H,16,18). The summed E-state index contributed by atoms with van der Waals surface area (Å²) in [4.78, 5) is 18.8. The molecule has 0 atom stereocenters. The highest BCUT2D eigenvalue weighted by Gasteiger charge is 2.06. The Morgan fingerprint density at radius 2 is 2.16 bits per heavy atom. The van der Waals surface area contributed by atoms with Crippen molar-refractivity contribution in [3.05, 3.63) is 47.0 Å². The van der Waals surface area contributed by atoms with Crippen LogP contribution >= 0.6 is 0 Å².